The van der Waals surface area contributed by atoms with Crippen LogP contribution < -0.4 is 11.4 Å². The molecule has 2 aromatic heterocycles. The van der Waals surface area contributed by atoms with Crippen LogP contribution in [0.1, 0.15) is 19.4 Å². The predicted octanol–water partition coefficient (Wildman–Crippen LogP) is 2.22. The Kier molecular flexibility index (Phi) is 5.86. The fraction of sp³-hybridized carbons (Fsp3) is 0.333. The minimum atomic E-state index is -3.29. The molecule has 0 unspecified atom stereocenters. The summed E-state index contributed by atoms with van der Waals surface area (Å²) in [7, 11) is -1.74. The van der Waals surface area contributed by atoms with Crippen LogP contribution in [0.5, 0.6) is 0 Å². The van der Waals surface area contributed by atoms with E-state index in [1.807, 2.05) is 0 Å². The maximum Gasteiger partial charge on any atom is 0.339 e. The fourth-order valence-corrected chi connectivity index (χ4v) is 3.69. The van der Waals surface area contributed by atoms with Gasteiger partial charge in [0, 0.05) is 24.4 Å². The number of nitrogens with two attached hydrogens (primary N) is 1. The van der Waals surface area contributed by atoms with E-state index in [-0.39, 0.29) is 34.4 Å². The number of fused-ring (bicyclic) bond motifs is 1. The normalized spacial score (nSPS) is 13.3. The molecule has 0 aliphatic heterocycles. The Bertz CT molecular complexity index is 1280. The molecule has 0 saturated heterocycles. The molecule has 160 valence electrons. The summed E-state index contributed by atoms with van der Waals surface area (Å²) >= 11 is 5.93. The van der Waals surface area contributed by atoms with Gasteiger partial charge in [0.25, 0.3) is 0 Å². The van der Waals surface area contributed by atoms with E-state index in [0.29, 0.717) is 11.6 Å². The van der Waals surface area contributed by atoms with Crippen LogP contribution in [0, 0.1) is 4.78 Å². The number of carbonyl (C=O) groups is 1. The summed E-state index contributed by atoms with van der Waals surface area (Å²) in [5.41, 5.74) is 6.21. The summed E-state index contributed by atoms with van der Waals surface area (Å²) < 4.78 is 22.7. The second kappa shape index (κ2) is 8.07. The number of benzene rings is 1. The molecule has 12 heteroatoms. The molecular formula is C18H22ClN7O3S. The van der Waals surface area contributed by atoms with E-state index in [0.717, 1.165) is 10.1 Å². The van der Waals surface area contributed by atoms with Gasteiger partial charge in [0.1, 0.15) is 15.2 Å². The highest BCUT2D eigenvalue weighted by Gasteiger charge is 2.26. The zero-order valence-corrected chi connectivity index (χ0v) is 18.3. The van der Waals surface area contributed by atoms with Gasteiger partial charge in [0.2, 0.25) is 5.16 Å². The van der Waals surface area contributed by atoms with Crippen LogP contribution in [-0.4, -0.2) is 53.6 Å². The first-order valence-electron chi connectivity index (χ1n) is 9.15. The van der Waals surface area contributed by atoms with E-state index in [1.165, 1.54) is 9.47 Å². The number of imidazole rings is 1. The molecule has 2 heterocycles. The van der Waals surface area contributed by atoms with Gasteiger partial charge >= 0.3 is 11.7 Å². The van der Waals surface area contributed by atoms with Gasteiger partial charge in [0.15, 0.2) is 11.5 Å². The lowest BCUT2D eigenvalue weighted by atomic mass is 10.2. The molecule has 3 aromatic rings. The zero-order chi connectivity index (χ0) is 22.2. The highest BCUT2D eigenvalue weighted by molar-refractivity contribution is 7.92. The second-order valence-corrected chi connectivity index (χ2v) is 9.38. The largest absolute Gasteiger partial charge is 0.382 e. The van der Waals surface area contributed by atoms with Gasteiger partial charge in [-0.25, -0.2) is 28.1 Å². The van der Waals surface area contributed by atoms with Crippen LogP contribution in [0.4, 0.5) is 10.6 Å². The van der Waals surface area contributed by atoms with E-state index >= 15 is 0 Å². The molecule has 3 rings (SSSR count). The van der Waals surface area contributed by atoms with Crippen molar-refractivity contribution in [2.24, 2.45) is 0 Å². The molecule has 3 N–H and O–H groups in total. The van der Waals surface area contributed by atoms with E-state index in [9.17, 15) is 13.8 Å². The third-order valence-electron chi connectivity index (χ3n) is 4.72. The second-order valence-electron chi connectivity index (χ2n) is 6.65. The number of hydrogen-bond acceptors (Lipinski definition) is 7. The Labute approximate surface area is 178 Å². The molecule has 0 bridgehead atoms. The SMILES string of the molecule is CCN(C)C(=O)n1c(=O)n(Cc2ccc(Cl)cc2)c2nc([S@](=N)(=O)CC)nc(N)c21. The predicted molar refractivity (Wildman–Crippen MR) is 116 cm³/mol. The first-order valence-corrected chi connectivity index (χ1v) is 11.3. The van der Waals surface area contributed by atoms with Crippen molar-refractivity contribution in [1.29, 1.82) is 4.78 Å². The summed E-state index contributed by atoms with van der Waals surface area (Å²) in [5.74, 6) is -0.203. The number of amides is 1. The number of nitrogens with zero attached hydrogens (tertiary/aromatic N) is 5. The van der Waals surface area contributed by atoms with Crippen molar-refractivity contribution in [3.05, 3.63) is 45.3 Å². The zero-order valence-electron chi connectivity index (χ0n) is 16.8. The molecule has 1 amide bonds. The van der Waals surface area contributed by atoms with Gasteiger partial charge in [-0.3, -0.25) is 4.57 Å². The maximum absolute atomic E-state index is 13.2. The molecule has 0 spiro atoms. The van der Waals surface area contributed by atoms with E-state index in [1.54, 1.807) is 45.2 Å². The third-order valence-corrected chi connectivity index (χ3v) is 6.56. The summed E-state index contributed by atoms with van der Waals surface area (Å²) in [6.45, 7) is 3.78. The van der Waals surface area contributed by atoms with Gasteiger partial charge in [-0.2, -0.15) is 4.98 Å². The monoisotopic (exact) mass is 451 g/mol. The number of aromatic nitrogens is 4. The minimum absolute atomic E-state index is 0.0163. The summed E-state index contributed by atoms with van der Waals surface area (Å²) in [6, 6.07) is 6.25. The Morgan fingerprint density at radius 1 is 1.27 bits per heavy atom. The number of nitrogen functional groups attached to an aromatic ring is 1. The topological polar surface area (TPSA) is 140 Å². The Morgan fingerprint density at radius 3 is 2.47 bits per heavy atom. The number of hydrogen-bond donors (Lipinski definition) is 2. The Balaban J connectivity index is 2.34. The van der Waals surface area contributed by atoms with Gasteiger partial charge in [-0.15, -0.1) is 0 Å². The lowest BCUT2D eigenvalue weighted by Gasteiger charge is -2.14. The number of rotatable bonds is 5. The van der Waals surface area contributed by atoms with Crippen LogP contribution >= 0.6 is 11.6 Å². The quantitative estimate of drug-likeness (QED) is 0.570. The third kappa shape index (κ3) is 3.77. The average Bonchev–Trinajstić information content (AvgIpc) is 3.00. The van der Waals surface area contributed by atoms with Gasteiger partial charge in [-0.1, -0.05) is 30.7 Å². The number of anilines is 1. The van der Waals surface area contributed by atoms with Crippen molar-refractivity contribution in [2.45, 2.75) is 25.5 Å². The maximum atomic E-state index is 13.2. The Morgan fingerprint density at radius 2 is 1.90 bits per heavy atom. The summed E-state index contributed by atoms with van der Waals surface area (Å²) in [5, 5.41) is 0.271. The van der Waals surface area contributed by atoms with Crippen LogP contribution in [0.15, 0.2) is 34.2 Å². The van der Waals surface area contributed by atoms with Crippen molar-refractivity contribution in [1.82, 2.24) is 24.0 Å². The molecular weight excluding hydrogens is 430 g/mol. The Hall–Kier alpha value is -2.92. The van der Waals surface area contributed by atoms with Crippen molar-refractivity contribution in [3.63, 3.8) is 0 Å². The van der Waals surface area contributed by atoms with E-state index < -0.39 is 21.4 Å². The smallest absolute Gasteiger partial charge is 0.339 e. The fourth-order valence-electron chi connectivity index (χ4n) is 2.82. The van der Waals surface area contributed by atoms with Crippen LogP contribution in [-0.2, 0) is 16.3 Å². The lowest BCUT2D eigenvalue weighted by Crippen LogP contribution is -2.38. The minimum Gasteiger partial charge on any atom is -0.382 e. The number of nitrogens with one attached hydrogen (secondary N) is 1. The molecule has 1 atom stereocenters. The van der Waals surface area contributed by atoms with Crippen LogP contribution in [0.2, 0.25) is 5.02 Å². The molecule has 0 aliphatic carbocycles. The molecule has 0 radical (unpaired) electrons. The highest BCUT2D eigenvalue weighted by Crippen LogP contribution is 2.22. The van der Waals surface area contributed by atoms with Crippen molar-refractivity contribution in [3.8, 4) is 0 Å². The van der Waals surface area contributed by atoms with E-state index in [4.69, 9.17) is 22.1 Å². The molecule has 0 saturated carbocycles. The average molecular weight is 452 g/mol. The molecule has 10 nitrogen and oxygen atoms in total. The molecule has 0 aliphatic rings. The number of carbonyl (C=O) groups excluding carboxylic acids is 1. The van der Waals surface area contributed by atoms with Crippen LogP contribution in [0.25, 0.3) is 11.2 Å². The van der Waals surface area contributed by atoms with Gasteiger partial charge in [0.05, 0.1) is 6.54 Å². The van der Waals surface area contributed by atoms with Crippen LogP contribution in [0.3, 0.4) is 0 Å². The first-order chi connectivity index (χ1) is 14.1. The highest BCUT2D eigenvalue weighted by atomic mass is 35.5. The van der Waals surface area contributed by atoms with Crippen molar-refractivity contribution >= 4 is 44.3 Å². The molecule has 1 aromatic carbocycles. The molecule has 30 heavy (non-hydrogen) atoms. The summed E-state index contributed by atoms with van der Waals surface area (Å²) in [4.78, 5) is 35.6. The van der Waals surface area contributed by atoms with E-state index in [2.05, 4.69) is 9.97 Å². The standard InChI is InChI=1S/C18H22ClN7O3S/c1-4-24(3)17(27)26-13-14(20)22-16(30(21,29)5-2)23-15(13)25(18(26)28)10-11-6-8-12(19)9-7-11/h6-9,21H,4-5,10H2,1-3H3,(H2,20,22,23)/t30-/m1/s1. The lowest BCUT2D eigenvalue weighted by molar-refractivity contribution is 0.212. The van der Waals surface area contributed by atoms with Gasteiger partial charge in [-0.05, 0) is 24.6 Å². The first kappa shape index (κ1) is 21.8. The van der Waals surface area contributed by atoms with Gasteiger partial charge < -0.3 is 10.6 Å². The number of halogens is 1. The van der Waals surface area contributed by atoms with Crippen molar-refractivity contribution in [2.75, 3.05) is 25.1 Å². The molecule has 0 fully saturated rings. The summed E-state index contributed by atoms with van der Waals surface area (Å²) in [6.07, 6.45) is 0. The van der Waals surface area contributed by atoms with Crippen molar-refractivity contribution < 1.29 is 9.00 Å².